The molecule has 0 aliphatic carbocycles. The molecule has 0 aliphatic rings. The van der Waals surface area contributed by atoms with E-state index in [1.165, 1.54) is 30.3 Å². The van der Waals surface area contributed by atoms with Gasteiger partial charge < -0.3 is 5.32 Å². The number of halogens is 4. The molecule has 0 spiro atoms. The summed E-state index contributed by atoms with van der Waals surface area (Å²) in [6.45, 7) is 3.55. The first-order valence-corrected chi connectivity index (χ1v) is 10.0. The average Bonchev–Trinajstić information content (AvgIpc) is 2.59. The largest absolute Gasteiger partial charge is 0.416 e. The van der Waals surface area contributed by atoms with Crippen molar-refractivity contribution in [3.63, 3.8) is 0 Å². The van der Waals surface area contributed by atoms with Crippen molar-refractivity contribution in [3.05, 3.63) is 71.3 Å². The predicted molar refractivity (Wildman–Crippen MR) is 103 cm³/mol. The minimum atomic E-state index is -4.58. The van der Waals surface area contributed by atoms with Crippen molar-refractivity contribution in [2.75, 3.05) is 22.4 Å². The van der Waals surface area contributed by atoms with Gasteiger partial charge in [-0.1, -0.05) is 17.7 Å². The molecule has 0 heterocycles. The second kappa shape index (κ2) is 8.24. The highest BCUT2D eigenvalue weighted by atomic mass is 35.5. The molecule has 0 aliphatic heterocycles. The topological polar surface area (TPSA) is 66.5 Å². The lowest BCUT2D eigenvalue weighted by Crippen LogP contribution is -2.29. The van der Waals surface area contributed by atoms with Crippen molar-refractivity contribution in [2.24, 2.45) is 0 Å². The number of anilines is 2. The minimum absolute atomic E-state index is 0.0459. The molecular weight excluding hydrogens is 417 g/mol. The van der Waals surface area contributed by atoms with Crippen molar-refractivity contribution in [3.8, 4) is 0 Å². The van der Waals surface area contributed by atoms with E-state index in [2.05, 4.69) is 11.9 Å². The molecule has 0 atom stereocenters. The summed E-state index contributed by atoms with van der Waals surface area (Å²) in [5.41, 5.74) is -0.703. The maximum Gasteiger partial charge on any atom is 0.416 e. The first kappa shape index (κ1) is 21.8. The molecule has 0 saturated carbocycles. The molecule has 0 unspecified atom stereocenters. The van der Waals surface area contributed by atoms with E-state index in [0.29, 0.717) is 5.69 Å². The highest BCUT2D eigenvalue weighted by Gasteiger charge is 2.31. The Morgan fingerprint density at radius 2 is 1.82 bits per heavy atom. The molecule has 2 rings (SSSR count). The van der Waals surface area contributed by atoms with Crippen LogP contribution in [0.25, 0.3) is 0 Å². The van der Waals surface area contributed by atoms with E-state index >= 15 is 0 Å². The average molecular weight is 433 g/mol. The molecule has 0 bridgehead atoms. The summed E-state index contributed by atoms with van der Waals surface area (Å²) in [7, 11) is -3.55. The smallest absolute Gasteiger partial charge is 0.321 e. The minimum Gasteiger partial charge on any atom is -0.321 e. The van der Waals surface area contributed by atoms with Crippen LogP contribution in [0.4, 0.5) is 24.5 Å². The molecule has 10 heteroatoms. The second-order valence-electron chi connectivity index (χ2n) is 5.78. The van der Waals surface area contributed by atoms with Gasteiger partial charge in [0, 0.05) is 5.56 Å². The Labute approximate surface area is 165 Å². The van der Waals surface area contributed by atoms with E-state index in [9.17, 15) is 26.4 Å². The molecule has 1 N–H and O–H groups in total. The van der Waals surface area contributed by atoms with Crippen molar-refractivity contribution in [1.29, 1.82) is 0 Å². The number of benzene rings is 2. The maximum atomic E-state index is 12.8. The Kier molecular flexibility index (Phi) is 6.41. The second-order valence-corrected chi connectivity index (χ2v) is 8.09. The Balaban J connectivity index is 2.26. The van der Waals surface area contributed by atoms with E-state index in [0.717, 1.165) is 28.8 Å². The maximum absolute atomic E-state index is 12.8. The van der Waals surface area contributed by atoms with Crippen LogP contribution in [0, 0.1) is 0 Å². The number of carbonyl (C=O) groups excluding carboxylic acids is 1. The number of amides is 1. The SMILES string of the molecule is C=CCN(c1ccc(C(=O)Nc2cc(C(F)(F)F)ccc2Cl)cc1)S(C)(=O)=O. The third-order valence-electron chi connectivity index (χ3n) is 3.65. The zero-order chi connectivity index (χ0) is 21.1. The van der Waals surface area contributed by atoms with Gasteiger partial charge in [0.1, 0.15) is 0 Å². The van der Waals surface area contributed by atoms with Crippen LogP contribution in [0.5, 0.6) is 0 Å². The number of rotatable bonds is 6. The first-order chi connectivity index (χ1) is 12.9. The van der Waals surface area contributed by atoms with Crippen LogP contribution in [-0.2, 0) is 16.2 Å². The summed E-state index contributed by atoms with van der Waals surface area (Å²) in [4.78, 5) is 12.3. The molecule has 1 amide bonds. The lowest BCUT2D eigenvalue weighted by molar-refractivity contribution is -0.137. The van der Waals surface area contributed by atoms with Crippen LogP contribution in [-0.4, -0.2) is 27.1 Å². The molecule has 150 valence electrons. The molecule has 0 aromatic heterocycles. The van der Waals surface area contributed by atoms with Gasteiger partial charge in [-0.15, -0.1) is 6.58 Å². The fourth-order valence-corrected chi connectivity index (χ4v) is 3.37. The third-order valence-corrected chi connectivity index (χ3v) is 5.14. The van der Waals surface area contributed by atoms with Crippen molar-refractivity contribution in [2.45, 2.75) is 6.18 Å². The Morgan fingerprint density at radius 1 is 1.21 bits per heavy atom. The number of sulfonamides is 1. The fraction of sp³-hybridized carbons (Fsp3) is 0.167. The standard InChI is InChI=1S/C18H16ClF3N2O3S/c1-3-10-24(28(2,26)27)14-7-4-12(5-8-14)17(25)23-16-11-13(18(20,21)22)6-9-15(16)19/h3-9,11H,1,10H2,2H3,(H,23,25). The molecular formula is C18H16ClF3N2O3S. The number of hydrogen-bond acceptors (Lipinski definition) is 3. The molecule has 5 nitrogen and oxygen atoms in total. The quantitative estimate of drug-likeness (QED) is 0.680. The Bertz CT molecular complexity index is 990. The lowest BCUT2D eigenvalue weighted by atomic mass is 10.1. The summed E-state index contributed by atoms with van der Waals surface area (Å²) in [5, 5.41) is 2.28. The summed E-state index contributed by atoms with van der Waals surface area (Å²) in [6.07, 6.45) is -2.13. The van der Waals surface area contributed by atoms with Crippen molar-refractivity contribution in [1.82, 2.24) is 0 Å². The number of carbonyl (C=O) groups is 1. The van der Waals surface area contributed by atoms with Crippen molar-refractivity contribution >= 4 is 38.9 Å². The van der Waals surface area contributed by atoms with Gasteiger partial charge in [-0.05, 0) is 42.5 Å². The molecule has 2 aromatic carbocycles. The zero-order valence-electron chi connectivity index (χ0n) is 14.6. The van der Waals surface area contributed by atoms with Crippen LogP contribution < -0.4 is 9.62 Å². The number of alkyl halides is 3. The van der Waals surface area contributed by atoms with E-state index in [4.69, 9.17) is 11.6 Å². The molecule has 28 heavy (non-hydrogen) atoms. The van der Waals surface area contributed by atoms with Gasteiger partial charge in [-0.25, -0.2) is 8.42 Å². The van der Waals surface area contributed by atoms with Crippen LogP contribution in [0.15, 0.2) is 55.1 Å². The van der Waals surface area contributed by atoms with Crippen LogP contribution in [0.3, 0.4) is 0 Å². The molecule has 0 saturated heterocycles. The van der Waals surface area contributed by atoms with Crippen molar-refractivity contribution < 1.29 is 26.4 Å². The highest BCUT2D eigenvalue weighted by molar-refractivity contribution is 7.92. The summed E-state index contributed by atoms with van der Waals surface area (Å²) >= 11 is 5.86. The van der Waals surface area contributed by atoms with E-state index in [1.54, 1.807) is 0 Å². The Morgan fingerprint density at radius 3 is 2.32 bits per heavy atom. The van der Waals surface area contributed by atoms with Gasteiger partial charge in [0.2, 0.25) is 10.0 Å². The third kappa shape index (κ3) is 5.26. The van der Waals surface area contributed by atoms with Crippen LogP contribution in [0.2, 0.25) is 5.02 Å². The van der Waals surface area contributed by atoms with Gasteiger partial charge in [-0.3, -0.25) is 9.10 Å². The van der Waals surface area contributed by atoms with Gasteiger partial charge >= 0.3 is 6.18 Å². The molecule has 0 fully saturated rings. The monoisotopic (exact) mass is 432 g/mol. The normalized spacial score (nSPS) is 11.8. The van der Waals surface area contributed by atoms with E-state index in [-0.39, 0.29) is 22.8 Å². The number of hydrogen-bond donors (Lipinski definition) is 1. The molecule has 2 aromatic rings. The van der Waals surface area contributed by atoms with Gasteiger partial charge in [-0.2, -0.15) is 13.2 Å². The number of nitrogens with zero attached hydrogens (tertiary/aromatic N) is 1. The summed E-state index contributed by atoms with van der Waals surface area (Å²) < 4.78 is 63.2. The van der Waals surface area contributed by atoms with Gasteiger partial charge in [0.25, 0.3) is 5.91 Å². The van der Waals surface area contributed by atoms with E-state index < -0.39 is 27.7 Å². The highest BCUT2D eigenvalue weighted by Crippen LogP contribution is 2.34. The van der Waals surface area contributed by atoms with E-state index in [1.807, 2.05) is 0 Å². The van der Waals surface area contributed by atoms with Gasteiger partial charge in [0.15, 0.2) is 0 Å². The molecule has 0 radical (unpaired) electrons. The van der Waals surface area contributed by atoms with Crippen LogP contribution >= 0.6 is 11.6 Å². The summed E-state index contributed by atoms with van der Waals surface area (Å²) in [6, 6.07) is 8.12. The lowest BCUT2D eigenvalue weighted by Gasteiger charge is -2.20. The van der Waals surface area contributed by atoms with Gasteiger partial charge in [0.05, 0.1) is 34.8 Å². The zero-order valence-corrected chi connectivity index (χ0v) is 16.2. The summed E-state index contributed by atoms with van der Waals surface area (Å²) in [5.74, 6) is -0.692. The van der Waals surface area contributed by atoms with Crippen LogP contribution in [0.1, 0.15) is 15.9 Å². The predicted octanol–water partition coefficient (Wildman–Crippen LogP) is 4.56. The fourth-order valence-electron chi connectivity index (χ4n) is 2.32. The first-order valence-electron chi connectivity index (χ1n) is 7.80. The number of nitrogens with one attached hydrogen (secondary N) is 1. The Hall–Kier alpha value is -2.52.